The van der Waals surface area contributed by atoms with Crippen molar-refractivity contribution in [1.82, 2.24) is 19.5 Å². The van der Waals surface area contributed by atoms with Crippen LogP contribution in [0.3, 0.4) is 0 Å². The molecule has 0 aliphatic carbocycles. The number of rotatable bonds is 5. The second-order valence-corrected chi connectivity index (χ2v) is 15.4. The van der Waals surface area contributed by atoms with Gasteiger partial charge in [0.2, 0.25) is 5.95 Å². The van der Waals surface area contributed by atoms with Crippen LogP contribution in [0.5, 0.6) is 0 Å². The quantitative estimate of drug-likeness (QED) is 0.171. The van der Waals surface area contributed by atoms with Crippen LogP contribution in [-0.4, -0.2) is 19.5 Å². The molecule has 0 fully saturated rings. The summed E-state index contributed by atoms with van der Waals surface area (Å²) in [5.41, 5.74) is 7.92. The summed E-state index contributed by atoms with van der Waals surface area (Å²) in [6, 6.07) is 59.3. The number of hydrogen-bond donors (Lipinski definition) is 0. The molecule has 0 saturated heterocycles. The minimum absolute atomic E-state index is 0.502. The molecule has 0 saturated carbocycles. The summed E-state index contributed by atoms with van der Waals surface area (Å²) in [7, 11) is -3.24. The van der Waals surface area contributed by atoms with Gasteiger partial charge in [0.05, 0.1) is 11.0 Å². The average Bonchev–Trinajstić information content (AvgIpc) is 3.69. The second-order valence-electron chi connectivity index (χ2n) is 12.8. The van der Waals surface area contributed by atoms with E-state index in [0.717, 1.165) is 71.1 Å². The third kappa shape index (κ3) is 4.56. The van der Waals surface area contributed by atoms with Crippen molar-refractivity contribution in [3.63, 3.8) is 0 Å². The van der Waals surface area contributed by atoms with Gasteiger partial charge in [0.1, 0.15) is 0 Å². The summed E-state index contributed by atoms with van der Waals surface area (Å²) >= 11 is 0. The van der Waals surface area contributed by atoms with Crippen LogP contribution in [0.2, 0.25) is 0 Å². The van der Waals surface area contributed by atoms with Crippen LogP contribution in [0.15, 0.2) is 176 Å². The van der Waals surface area contributed by atoms with Crippen LogP contribution in [0, 0.1) is 0 Å². The zero-order valence-electron chi connectivity index (χ0n) is 27.4. The molecule has 3 heterocycles. The normalized spacial score (nSPS) is 14.8. The van der Waals surface area contributed by atoms with Gasteiger partial charge in [-0.1, -0.05) is 164 Å². The Kier molecular flexibility index (Phi) is 6.70. The monoisotopic (exact) mass is 672 g/mol. The van der Waals surface area contributed by atoms with Crippen LogP contribution in [-0.2, 0) is 4.57 Å². The summed E-state index contributed by atoms with van der Waals surface area (Å²) < 4.78 is 17.9. The molecular weight excluding hydrogens is 643 g/mol. The molecule has 0 N–H and O–H groups in total. The lowest BCUT2D eigenvalue weighted by atomic mass is 10.0. The first-order valence-corrected chi connectivity index (χ1v) is 18.7. The van der Waals surface area contributed by atoms with E-state index in [1.807, 2.05) is 109 Å². The Labute approximate surface area is 294 Å². The first-order valence-electron chi connectivity index (χ1n) is 17.0. The molecule has 1 unspecified atom stereocenters. The molecule has 0 radical (unpaired) electrons. The predicted molar refractivity (Wildman–Crippen MR) is 209 cm³/mol. The summed E-state index contributed by atoms with van der Waals surface area (Å²) in [5, 5.41) is 4.54. The highest BCUT2D eigenvalue weighted by Gasteiger charge is 2.42. The highest BCUT2D eigenvalue weighted by molar-refractivity contribution is 7.86. The van der Waals surface area contributed by atoms with Crippen molar-refractivity contribution < 1.29 is 4.57 Å². The highest BCUT2D eigenvalue weighted by Crippen LogP contribution is 2.55. The van der Waals surface area contributed by atoms with Gasteiger partial charge in [0, 0.05) is 37.8 Å². The molecule has 1 aliphatic rings. The van der Waals surface area contributed by atoms with Gasteiger partial charge in [-0.2, -0.15) is 9.97 Å². The van der Waals surface area contributed by atoms with Gasteiger partial charge < -0.3 is 4.57 Å². The van der Waals surface area contributed by atoms with Crippen molar-refractivity contribution >= 4 is 44.9 Å². The van der Waals surface area contributed by atoms with Gasteiger partial charge in [0.15, 0.2) is 18.8 Å². The Balaban J connectivity index is 1.25. The lowest BCUT2D eigenvalue weighted by Crippen LogP contribution is -2.21. The van der Waals surface area contributed by atoms with Crippen LogP contribution in [0.25, 0.3) is 72.8 Å². The fraction of sp³-hybridized carbons (Fsp3) is 0. The number of para-hydroxylation sites is 1. The van der Waals surface area contributed by atoms with E-state index in [-0.39, 0.29) is 0 Å². The van der Waals surface area contributed by atoms with Crippen LogP contribution < -0.4 is 15.9 Å². The first kappa shape index (κ1) is 29.5. The third-order valence-corrected chi connectivity index (χ3v) is 13.1. The molecule has 1 atom stereocenters. The Morgan fingerprint density at radius 1 is 0.431 bits per heavy atom. The molecule has 5 nitrogen and oxygen atoms in total. The van der Waals surface area contributed by atoms with Crippen molar-refractivity contribution in [1.29, 1.82) is 0 Å². The third-order valence-electron chi connectivity index (χ3n) is 9.89. The van der Waals surface area contributed by atoms with Crippen LogP contribution in [0.1, 0.15) is 0 Å². The zero-order valence-corrected chi connectivity index (χ0v) is 28.3. The standard InChI is InChI=1S/C45H29N4OP/c50-51(34-18-8-3-9-19-34)40-23-13-11-20-35(40)36-28-29-39-41(42(36)51)37-21-10-12-22-38(37)49(39)45-47-43(32-16-6-2-7-17-32)46-44(48-45)33-26-24-31(25-27-33)30-14-4-1-5-15-30/h1-29H. The van der Waals surface area contributed by atoms with Gasteiger partial charge >= 0.3 is 0 Å². The van der Waals surface area contributed by atoms with E-state index in [2.05, 4.69) is 71.3 Å². The number of fused-ring (bicyclic) bond motifs is 7. The fourth-order valence-corrected chi connectivity index (χ4v) is 10.8. The van der Waals surface area contributed by atoms with E-state index in [1.54, 1.807) is 0 Å². The molecule has 1 aliphatic heterocycles. The Morgan fingerprint density at radius 2 is 0.980 bits per heavy atom. The van der Waals surface area contributed by atoms with E-state index in [1.165, 1.54) is 0 Å². The second kappa shape index (κ2) is 11.6. The molecule has 10 rings (SSSR count). The molecule has 0 spiro atoms. The average molecular weight is 673 g/mol. The zero-order chi connectivity index (χ0) is 33.9. The molecule has 51 heavy (non-hydrogen) atoms. The van der Waals surface area contributed by atoms with E-state index in [4.69, 9.17) is 15.0 Å². The smallest absolute Gasteiger partial charge is 0.238 e. The van der Waals surface area contributed by atoms with E-state index < -0.39 is 7.14 Å². The summed E-state index contributed by atoms with van der Waals surface area (Å²) in [5.74, 6) is 1.66. The van der Waals surface area contributed by atoms with Gasteiger partial charge in [-0.15, -0.1) is 0 Å². The van der Waals surface area contributed by atoms with E-state index >= 15 is 4.57 Å². The topological polar surface area (TPSA) is 60.7 Å². The minimum Gasteiger partial charge on any atom is -0.309 e. The van der Waals surface area contributed by atoms with E-state index in [0.29, 0.717) is 17.6 Å². The van der Waals surface area contributed by atoms with E-state index in [9.17, 15) is 0 Å². The lowest BCUT2D eigenvalue weighted by molar-refractivity contribution is 0.593. The maximum atomic E-state index is 15.8. The van der Waals surface area contributed by atoms with Gasteiger partial charge in [-0.25, -0.2) is 4.98 Å². The largest absolute Gasteiger partial charge is 0.309 e. The molecule has 0 amide bonds. The van der Waals surface area contributed by atoms with Gasteiger partial charge in [-0.3, -0.25) is 4.57 Å². The maximum Gasteiger partial charge on any atom is 0.238 e. The molecule has 0 bridgehead atoms. The minimum atomic E-state index is -3.24. The van der Waals surface area contributed by atoms with Gasteiger partial charge in [-0.05, 0) is 34.4 Å². The number of benzene rings is 7. The molecule has 7 aromatic carbocycles. The number of aromatic nitrogens is 4. The van der Waals surface area contributed by atoms with Crippen LogP contribution >= 0.6 is 7.14 Å². The maximum absolute atomic E-state index is 15.8. The Bertz CT molecular complexity index is 2810. The van der Waals surface area contributed by atoms with Crippen molar-refractivity contribution in [3.05, 3.63) is 176 Å². The SMILES string of the molecule is O=P1(c2ccccc2)c2ccccc2-c2ccc3c(c21)c1ccccc1n3-c1nc(-c2ccccc2)nc(-c2ccc(-c3ccccc3)cc2)n1. The van der Waals surface area contributed by atoms with Gasteiger partial charge in [0.25, 0.3) is 0 Å². The molecule has 9 aromatic rings. The highest BCUT2D eigenvalue weighted by atomic mass is 31.2. The molecule has 240 valence electrons. The van der Waals surface area contributed by atoms with Crippen molar-refractivity contribution in [2.75, 3.05) is 0 Å². The molecule has 6 heteroatoms. The van der Waals surface area contributed by atoms with Crippen molar-refractivity contribution in [2.24, 2.45) is 0 Å². The van der Waals surface area contributed by atoms with Crippen molar-refractivity contribution in [3.8, 4) is 51.0 Å². The number of hydrogen-bond acceptors (Lipinski definition) is 4. The summed E-state index contributed by atoms with van der Waals surface area (Å²) in [4.78, 5) is 15.3. The Morgan fingerprint density at radius 3 is 1.71 bits per heavy atom. The van der Waals surface area contributed by atoms with Crippen molar-refractivity contribution in [2.45, 2.75) is 0 Å². The summed E-state index contributed by atoms with van der Waals surface area (Å²) in [6.07, 6.45) is 0. The molecule has 2 aromatic heterocycles. The predicted octanol–water partition coefficient (Wildman–Crippen LogP) is 9.59. The molecular formula is C45H29N4OP. The lowest BCUT2D eigenvalue weighted by Gasteiger charge is -2.17. The first-order chi connectivity index (χ1) is 25.2. The van der Waals surface area contributed by atoms with Crippen LogP contribution in [0.4, 0.5) is 0 Å². The fourth-order valence-electron chi connectivity index (χ4n) is 7.56. The Hall–Kier alpha value is -6.42. The summed E-state index contributed by atoms with van der Waals surface area (Å²) in [6.45, 7) is 0. The number of nitrogens with zero attached hydrogens (tertiary/aromatic N) is 4.